The number of nitrogens with zero attached hydrogens (tertiary/aromatic N) is 2. The van der Waals surface area contributed by atoms with Gasteiger partial charge in [0, 0.05) is 35.8 Å². The number of fused-ring (bicyclic) bond motifs is 2. The number of ether oxygens (including phenoxy) is 1. The Morgan fingerprint density at radius 2 is 2.15 bits per heavy atom. The molecule has 3 aliphatic carbocycles. The molecule has 2 atom stereocenters. The lowest BCUT2D eigenvalue weighted by Gasteiger charge is -2.14. The van der Waals surface area contributed by atoms with Gasteiger partial charge in [-0.05, 0) is 44.1 Å². The van der Waals surface area contributed by atoms with Crippen LogP contribution in [-0.2, 0) is 23.0 Å². The minimum Gasteiger partial charge on any atom is -0.446 e. The van der Waals surface area contributed by atoms with E-state index in [0.29, 0.717) is 28.4 Å². The maximum Gasteiger partial charge on any atom is 0.419 e. The van der Waals surface area contributed by atoms with E-state index < -0.39 is 5.76 Å². The van der Waals surface area contributed by atoms with Crippen molar-refractivity contribution in [3.63, 3.8) is 0 Å². The lowest BCUT2D eigenvalue weighted by molar-refractivity contribution is -0.115. The molecule has 33 heavy (non-hydrogen) atoms. The minimum atomic E-state index is -0.463. The number of para-hydroxylation sites is 1. The molecule has 3 saturated carbocycles. The summed E-state index contributed by atoms with van der Waals surface area (Å²) in [5.74, 6) is 0.593. The summed E-state index contributed by atoms with van der Waals surface area (Å²) in [6.07, 6.45) is 4.25. The lowest BCUT2D eigenvalue weighted by atomic mass is 10.0. The van der Waals surface area contributed by atoms with Gasteiger partial charge in [-0.1, -0.05) is 12.1 Å². The molecule has 2 heterocycles. The van der Waals surface area contributed by atoms with Gasteiger partial charge in [-0.2, -0.15) is 5.10 Å². The van der Waals surface area contributed by atoms with Crippen molar-refractivity contribution in [3.8, 4) is 0 Å². The number of aromatic nitrogens is 3. The van der Waals surface area contributed by atoms with E-state index in [1.807, 2.05) is 6.07 Å². The molecule has 0 bridgehead atoms. The molecule has 3 aromatic rings. The van der Waals surface area contributed by atoms with Crippen molar-refractivity contribution < 1.29 is 18.7 Å². The van der Waals surface area contributed by atoms with E-state index in [4.69, 9.17) is 9.15 Å². The quantitative estimate of drug-likeness (QED) is 0.528. The van der Waals surface area contributed by atoms with Crippen molar-refractivity contribution in [2.24, 2.45) is 13.0 Å². The molecule has 0 radical (unpaired) electrons. The topological polar surface area (TPSA) is 131 Å². The van der Waals surface area contributed by atoms with Crippen molar-refractivity contribution in [2.75, 3.05) is 5.32 Å². The fourth-order valence-electron chi connectivity index (χ4n) is 4.94. The average Bonchev–Trinajstić information content (AvgIpc) is 3.32. The maximum atomic E-state index is 12.6. The van der Waals surface area contributed by atoms with Crippen molar-refractivity contribution in [2.45, 2.75) is 56.1 Å². The molecule has 0 saturated heterocycles. The van der Waals surface area contributed by atoms with Crippen LogP contribution in [0.25, 0.3) is 11.1 Å². The van der Waals surface area contributed by atoms with Crippen molar-refractivity contribution in [3.05, 3.63) is 46.1 Å². The number of hydrogen-bond donors (Lipinski definition) is 3. The molecule has 10 heteroatoms. The predicted molar refractivity (Wildman–Crippen MR) is 118 cm³/mol. The van der Waals surface area contributed by atoms with Gasteiger partial charge in [0.05, 0.1) is 11.9 Å². The van der Waals surface area contributed by atoms with Crippen LogP contribution < -0.4 is 16.4 Å². The molecule has 3 N–H and O–H groups in total. The number of oxazole rings is 1. The molecule has 0 spiro atoms. The molecule has 0 aliphatic heterocycles. The molecule has 172 valence electrons. The van der Waals surface area contributed by atoms with E-state index in [0.717, 1.165) is 37.8 Å². The van der Waals surface area contributed by atoms with Crippen LogP contribution in [0.15, 0.2) is 33.5 Å². The minimum absolute atomic E-state index is 0.0588. The third kappa shape index (κ3) is 3.69. The lowest BCUT2D eigenvalue weighted by Crippen LogP contribution is -2.33. The molecule has 2 amide bonds. The van der Waals surface area contributed by atoms with E-state index in [9.17, 15) is 14.4 Å². The summed E-state index contributed by atoms with van der Waals surface area (Å²) in [4.78, 5) is 36.5. The Morgan fingerprint density at radius 1 is 1.33 bits per heavy atom. The molecule has 6 rings (SSSR count). The zero-order valence-electron chi connectivity index (χ0n) is 18.2. The number of anilines is 1. The standard InChI is InChI=1S/C23H25N5O5/c1-28-17-4-2-3-13(20(17)33-22(28)31)8-19(29)24-18-9-16(26-27-18)12-5-6-15(7-12)32-21(30)25-23-10-14(23)11-23/h2-4,9,12,14-15H,5-8,10-11H2,1H3,(H,25,30)(H2,24,26,27,29)/t12-,14?,15+,23?/m1/s1. The highest BCUT2D eigenvalue weighted by atomic mass is 16.6. The van der Waals surface area contributed by atoms with Gasteiger partial charge in [0.25, 0.3) is 0 Å². The number of H-pyrrole nitrogens is 1. The van der Waals surface area contributed by atoms with E-state index in [1.54, 1.807) is 25.2 Å². The third-order valence-electron chi connectivity index (χ3n) is 7.25. The summed E-state index contributed by atoms with van der Waals surface area (Å²) < 4.78 is 12.3. The Labute approximate surface area is 188 Å². The second-order valence-corrected chi connectivity index (χ2v) is 9.55. The maximum absolute atomic E-state index is 12.6. The summed E-state index contributed by atoms with van der Waals surface area (Å²) in [6, 6.07) is 7.16. The number of benzene rings is 1. The Morgan fingerprint density at radius 3 is 2.94 bits per heavy atom. The first-order valence-corrected chi connectivity index (χ1v) is 11.3. The first kappa shape index (κ1) is 20.1. The molecular weight excluding hydrogens is 426 g/mol. The normalized spacial score (nSPS) is 27.2. The van der Waals surface area contributed by atoms with E-state index >= 15 is 0 Å². The number of nitrogens with one attached hydrogen (secondary N) is 3. The van der Waals surface area contributed by atoms with Crippen molar-refractivity contribution >= 4 is 28.9 Å². The Balaban J connectivity index is 1.05. The smallest absolute Gasteiger partial charge is 0.419 e. The Bertz CT molecular complexity index is 1310. The average molecular weight is 451 g/mol. The van der Waals surface area contributed by atoms with E-state index in [-0.39, 0.29) is 36.0 Å². The number of rotatable bonds is 6. The molecule has 10 nitrogen and oxygen atoms in total. The molecule has 2 aromatic heterocycles. The molecule has 3 fully saturated rings. The molecular formula is C23H25N5O5. The highest BCUT2D eigenvalue weighted by Crippen LogP contribution is 2.66. The van der Waals surface area contributed by atoms with Gasteiger partial charge < -0.3 is 19.8 Å². The first-order chi connectivity index (χ1) is 15.9. The van der Waals surface area contributed by atoms with Crippen LogP contribution in [0, 0.1) is 5.92 Å². The van der Waals surface area contributed by atoms with Crippen LogP contribution in [0.2, 0.25) is 0 Å². The van der Waals surface area contributed by atoms with Gasteiger partial charge >= 0.3 is 11.8 Å². The third-order valence-corrected chi connectivity index (χ3v) is 7.25. The predicted octanol–water partition coefficient (Wildman–Crippen LogP) is 2.56. The second-order valence-electron chi connectivity index (χ2n) is 9.55. The monoisotopic (exact) mass is 451 g/mol. The highest BCUT2D eigenvalue weighted by Gasteiger charge is 2.71. The molecule has 1 aromatic carbocycles. The SMILES string of the molecule is Cn1c(=O)oc2c(CC(=O)Nc3cc([C@@H]4CC[C@H](OC(=O)NC56CC5C6)C4)[nH]n3)cccc21. The van der Waals surface area contributed by atoms with Crippen LogP contribution in [-0.4, -0.2) is 38.4 Å². The van der Waals surface area contributed by atoms with Crippen LogP contribution in [0.4, 0.5) is 10.6 Å². The summed E-state index contributed by atoms with van der Waals surface area (Å²) in [6.45, 7) is 0. The fraction of sp³-hybridized carbons (Fsp3) is 0.478. The largest absolute Gasteiger partial charge is 0.446 e. The fourth-order valence-corrected chi connectivity index (χ4v) is 4.94. The summed E-state index contributed by atoms with van der Waals surface area (Å²) in [5.41, 5.74) is 2.69. The van der Waals surface area contributed by atoms with E-state index in [2.05, 4.69) is 20.8 Å². The summed E-state index contributed by atoms with van der Waals surface area (Å²) in [5, 5.41) is 13.0. The zero-order valence-corrected chi connectivity index (χ0v) is 18.2. The highest BCUT2D eigenvalue weighted by molar-refractivity contribution is 5.93. The summed E-state index contributed by atoms with van der Waals surface area (Å²) in [7, 11) is 1.63. The van der Waals surface area contributed by atoms with Crippen LogP contribution in [0.3, 0.4) is 0 Å². The van der Waals surface area contributed by atoms with Gasteiger partial charge in [0.15, 0.2) is 11.4 Å². The van der Waals surface area contributed by atoms with Crippen molar-refractivity contribution in [1.82, 2.24) is 20.1 Å². The van der Waals surface area contributed by atoms with Gasteiger partial charge in [0.2, 0.25) is 5.91 Å². The van der Waals surface area contributed by atoms with Crippen LogP contribution in [0.5, 0.6) is 0 Å². The van der Waals surface area contributed by atoms with Gasteiger partial charge in [-0.3, -0.25) is 14.5 Å². The van der Waals surface area contributed by atoms with Gasteiger partial charge in [-0.25, -0.2) is 9.59 Å². The number of carbonyl (C=O) groups is 2. The number of aromatic amines is 1. The van der Waals surface area contributed by atoms with Gasteiger partial charge in [0.1, 0.15) is 6.10 Å². The zero-order chi connectivity index (χ0) is 22.7. The molecule has 0 unspecified atom stereocenters. The van der Waals surface area contributed by atoms with Gasteiger partial charge in [-0.15, -0.1) is 0 Å². The number of alkyl carbamates (subject to hydrolysis) is 1. The Kier molecular flexibility index (Phi) is 4.40. The number of aryl methyl sites for hydroxylation is 1. The summed E-state index contributed by atoms with van der Waals surface area (Å²) >= 11 is 0. The van der Waals surface area contributed by atoms with Crippen molar-refractivity contribution in [1.29, 1.82) is 0 Å². The molecule has 3 aliphatic rings. The first-order valence-electron chi connectivity index (χ1n) is 11.3. The van der Waals surface area contributed by atoms with Crippen LogP contribution in [0.1, 0.15) is 49.3 Å². The number of carbonyl (C=O) groups excluding carboxylic acids is 2. The number of amides is 2. The van der Waals surface area contributed by atoms with E-state index in [1.165, 1.54) is 4.57 Å². The Hall–Kier alpha value is -3.56. The second kappa shape index (κ2) is 7.23. The van der Waals surface area contributed by atoms with Crippen LogP contribution >= 0.6 is 0 Å². The number of hydrogen-bond acceptors (Lipinski definition) is 6.